The minimum atomic E-state index is -0.722. The largest absolute Gasteiger partial charge is 0.459 e. The zero-order chi connectivity index (χ0) is 22.2. The van der Waals surface area contributed by atoms with Gasteiger partial charge in [0.2, 0.25) is 0 Å². The van der Waals surface area contributed by atoms with Crippen molar-refractivity contribution >= 4 is 29.2 Å². The second-order valence-corrected chi connectivity index (χ2v) is 7.00. The van der Waals surface area contributed by atoms with Gasteiger partial charge in [-0.1, -0.05) is 44.2 Å². The molecule has 1 atom stereocenters. The molecule has 0 fully saturated rings. The molecule has 7 heteroatoms. The van der Waals surface area contributed by atoms with Gasteiger partial charge in [0.25, 0.3) is 11.8 Å². The first kappa shape index (κ1) is 21.8. The van der Waals surface area contributed by atoms with Gasteiger partial charge < -0.3 is 19.8 Å². The van der Waals surface area contributed by atoms with Crippen LogP contribution in [0.3, 0.4) is 0 Å². The number of hydrogen-bond acceptors (Lipinski definition) is 5. The standard InChI is InChI=1S/C24H24N2O5/c1-3-16(2)17-9-4-6-11-19(17)25-22(27)15-31-24(29)18-10-5-7-12-20(18)26-23(28)21-13-8-14-30-21/h4-14,16H,3,15H2,1-2H3,(H,25,27)(H,26,28)/t16-/m1/s1. The highest BCUT2D eigenvalue weighted by atomic mass is 16.5. The Morgan fingerprint density at radius 3 is 2.35 bits per heavy atom. The third-order valence-electron chi connectivity index (χ3n) is 4.85. The van der Waals surface area contributed by atoms with E-state index in [-0.39, 0.29) is 22.9 Å². The zero-order valence-electron chi connectivity index (χ0n) is 17.4. The molecule has 0 radical (unpaired) electrons. The van der Waals surface area contributed by atoms with Crippen LogP contribution < -0.4 is 10.6 Å². The van der Waals surface area contributed by atoms with E-state index < -0.39 is 24.4 Å². The predicted octanol–water partition coefficient (Wildman–Crippen LogP) is 4.84. The predicted molar refractivity (Wildman–Crippen MR) is 117 cm³/mol. The van der Waals surface area contributed by atoms with Crippen LogP contribution in [0.2, 0.25) is 0 Å². The van der Waals surface area contributed by atoms with E-state index in [2.05, 4.69) is 24.5 Å². The van der Waals surface area contributed by atoms with Crippen LogP contribution in [0.25, 0.3) is 0 Å². The summed E-state index contributed by atoms with van der Waals surface area (Å²) >= 11 is 0. The van der Waals surface area contributed by atoms with Crippen molar-refractivity contribution in [1.29, 1.82) is 0 Å². The van der Waals surface area contributed by atoms with Crippen LogP contribution >= 0.6 is 0 Å². The van der Waals surface area contributed by atoms with E-state index in [0.717, 1.165) is 12.0 Å². The summed E-state index contributed by atoms with van der Waals surface area (Å²) < 4.78 is 10.2. The van der Waals surface area contributed by atoms with Gasteiger partial charge in [0.15, 0.2) is 12.4 Å². The van der Waals surface area contributed by atoms with Crippen LogP contribution in [0.4, 0.5) is 11.4 Å². The molecule has 0 aliphatic rings. The van der Waals surface area contributed by atoms with Crippen molar-refractivity contribution in [2.24, 2.45) is 0 Å². The van der Waals surface area contributed by atoms with Gasteiger partial charge in [0.1, 0.15) is 0 Å². The van der Waals surface area contributed by atoms with Crippen LogP contribution in [0.1, 0.15) is 52.7 Å². The van der Waals surface area contributed by atoms with Gasteiger partial charge in [-0.25, -0.2) is 4.79 Å². The Morgan fingerprint density at radius 2 is 1.65 bits per heavy atom. The second kappa shape index (κ2) is 10.2. The molecule has 0 aliphatic carbocycles. The Morgan fingerprint density at radius 1 is 0.935 bits per heavy atom. The van der Waals surface area contributed by atoms with Gasteiger partial charge in [-0.05, 0) is 48.2 Å². The Labute approximate surface area is 180 Å². The molecule has 2 amide bonds. The van der Waals surface area contributed by atoms with Gasteiger partial charge in [0, 0.05) is 5.69 Å². The molecule has 0 saturated carbocycles. The number of hydrogen-bond donors (Lipinski definition) is 2. The lowest BCUT2D eigenvalue weighted by molar-refractivity contribution is -0.119. The average molecular weight is 420 g/mol. The molecule has 7 nitrogen and oxygen atoms in total. The molecule has 160 valence electrons. The Balaban J connectivity index is 1.63. The highest BCUT2D eigenvalue weighted by molar-refractivity contribution is 6.07. The number of para-hydroxylation sites is 2. The van der Waals surface area contributed by atoms with Gasteiger partial charge >= 0.3 is 5.97 Å². The Hall–Kier alpha value is -3.87. The summed E-state index contributed by atoms with van der Waals surface area (Å²) in [4.78, 5) is 37.1. The fourth-order valence-electron chi connectivity index (χ4n) is 3.02. The fraction of sp³-hybridized carbons (Fsp3) is 0.208. The maximum atomic E-state index is 12.5. The number of benzene rings is 2. The molecule has 1 heterocycles. The molecule has 3 rings (SSSR count). The van der Waals surface area contributed by atoms with Gasteiger partial charge in [-0.3, -0.25) is 9.59 Å². The average Bonchev–Trinajstić information content (AvgIpc) is 3.33. The van der Waals surface area contributed by atoms with Crippen molar-refractivity contribution in [3.63, 3.8) is 0 Å². The minimum absolute atomic E-state index is 0.113. The third-order valence-corrected chi connectivity index (χ3v) is 4.85. The molecule has 3 aromatic rings. The van der Waals surface area contributed by atoms with E-state index in [9.17, 15) is 14.4 Å². The van der Waals surface area contributed by atoms with Gasteiger partial charge in [0.05, 0.1) is 17.5 Å². The smallest absolute Gasteiger partial charge is 0.340 e. The van der Waals surface area contributed by atoms with E-state index in [4.69, 9.17) is 9.15 Å². The second-order valence-electron chi connectivity index (χ2n) is 7.00. The number of anilines is 2. The Kier molecular flexibility index (Phi) is 7.22. The molecule has 0 saturated heterocycles. The maximum absolute atomic E-state index is 12.5. The van der Waals surface area contributed by atoms with E-state index in [0.29, 0.717) is 5.69 Å². The molecule has 0 aliphatic heterocycles. The van der Waals surface area contributed by atoms with E-state index in [1.165, 1.54) is 18.4 Å². The number of rotatable bonds is 8. The quantitative estimate of drug-likeness (QED) is 0.508. The molecule has 31 heavy (non-hydrogen) atoms. The van der Waals surface area contributed by atoms with Crippen LogP contribution in [0, 0.1) is 0 Å². The molecular weight excluding hydrogens is 396 g/mol. The van der Waals surface area contributed by atoms with Crippen molar-refractivity contribution in [3.05, 3.63) is 83.8 Å². The molecule has 1 aromatic heterocycles. The van der Waals surface area contributed by atoms with Crippen molar-refractivity contribution in [1.82, 2.24) is 0 Å². The molecule has 2 aromatic carbocycles. The van der Waals surface area contributed by atoms with Crippen LogP contribution in [0.5, 0.6) is 0 Å². The first-order chi connectivity index (χ1) is 15.0. The van der Waals surface area contributed by atoms with Crippen LogP contribution in [0.15, 0.2) is 71.3 Å². The summed E-state index contributed by atoms with van der Waals surface area (Å²) in [6, 6.07) is 17.0. The lowest BCUT2D eigenvalue weighted by Gasteiger charge is -2.15. The van der Waals surface area contributed by atoms with Crippen LogP contribution in [-0.2, 0) is 9.53 Å². The third kappa shape index (κ3) is 5.60. The summed E-state index contributed by atoms with van der Waals surface area (Å²) in [6.07, 6.45) is 2.31. The number of carbonyl (C=O) groups excluding carboxylic acids is 3. The SMILES string of the molecule is CC[C@@H](C)c1ccccc1NC(=O)COC(=O)c1ccccc1NC(=O)c1ccco1. The molecule has 0 spiro atoms. The van der Waals surface area contributed by atoms with E-state index in [1.54, 1.807) is 24.3 Å². The first-order valence-corrected chi connectivity index (χ1v) is 9.99. The summed E-state index contributed by atoms with van der Waals surface area (Å²) in [6.45, 7) is 3.71. The molecule has 0 unspecified atom stereocenters. The van der Waals surface area contributed by atoms with Gasteiger partial charge in [-0.2, -0.15) is 0 Å². The van der Waals surface area contributed by atoms with E-state index in [1.807, 2.05) is 24.3 Å². The van der Waals surface area contributed by atoms with E-state index >= 15 is 0 Å². The summed E-state index contributed by atoms with van der Waals surface area (Å²) in [5.74, 6) is -1.27. The number of furan rings is 1. The minimum Gasteiger partial charge on any atom is -0.459 e. The summed E-state index contributed by atoms with van der Waals surface area (Å²) in [5.41, 5.74) is 2.12. The van der Waals surface area contributed by atoms with Crippen molar-refractivity contribution in [2.75, 3.05) is 17.2 Å². The maximum Gasteiger partial charge on any atom is 0.340 e. The zero-order valence-corrected chi connectivity index (χ0v) is 17.4. The first-order valence-electron chi connectivity index (χ1n) is 9.99. The van der Waals surface area contributed by atoms with Crippen molar-refractivity contribution in [3.8, 4) is 0 Å². The molecule has 2 N–H and O–H groups in total. The monoisotopic (exact) mass is 420 g/mol. The lowest BCUT2D eigenvalue weighted by Crippen LogP contribution is -2.22. The normalized spacial score (nSPS) is 11.4. The van der Waals surface area contributed by atoms with Crippen LogP contribution in [-0.4, -0.2) is 24.4 Å². The number of esters is 1. The van der Waals surface area contributed by atoms with Crippen molar-refractivity contribution in [2.45, 2.75) is 26.2 Å². The lowest BCUT2D eigenvalue weighted by atomic mass is 9.97. The van der Waals surface area contributed by atoms with Crippen molar-refractivity contribution < 1.29 is 23.5 Å². The highest BCUT2D eigenvalue weighted by Crippen LogP contribution is 2.26. The topological polar surface area (TPSA) is 97.6 Å². The number of ether oxygens (including phenoxy) is 1. The number of amides is 2. The molecule has 0 bridgehead atoms. The summed E-state index contributed by atoms with van der Waals surface area (Å²) in [5, 5.41) is 5.41. The Bertz CT molecular complexity index is 1060. The highest BCUT2D eigenvalue weighted by Gasteiger charge is 2.18. The fourth-order valence-corrected chi connectivity index (χ4v) is 3.02. The number of nitrogens with one attached hydrogen (secondary N) is 2. The summed E-state index contributed by atoms with van der Waals surface area (Å²) in [7, 11) is 0. The number of carbonyl (C=O) groups is 3. The molecular formula is C24H24N2O5. The van der Waals surface area contributed by atoms with Gasteiger partial charge in [-0.15, -0.1) is 0 Å².